The van der Waals surface area contributed by atoms with Gasteiger partial charge in [0.05, 0.1) is 5.69 Å². The molecule has 0 fully saturated rings. The molecule has 0 bridgehead atoms. The van der Waals surface area contributed by atoms with Gasteiger partial charge in [-0.2, -0.15) is 0 Å². The van der Waals surface area contributed by atoms with Crippen LogP contribution in [0.3, 0.4) is 0 Å². The molecule has 0 saturated carbocycles. The lowest BCUT2D eigenvalue weighted by Gasteiger charge is -2.26. The van der Waals surface area contributed by atoms with Crippen molar-refractivity contribution in [2.75, 3.05) is 5.32 Å². The van der Waals surface area contributed by atoms with E-state index in [0.717, 1.165) is 10.3 Å². The molecule has 0 spiro atoms. The van der Waals surface area contributed by atoms with E-state index in [0.29, 0.717) is 6.42 Å². The third-order valence-corrected chi connectivity index (χ3v) is 2.55. The topological polar surface area (TPSA) is 42.0 Å². The summed E-state index contributed by atoms with van der Waals surface area (Å²) >= 11 is 3.36. The lowest BCUT2D eigenvalue weighted by Crippen LogP contribution is -2.33. The second-order valence-corrected chi connectivity index (χ2v) is 4.98. The highest BCUT2D eigenvalue weighted by Gasteiger charge is 2.20. The summed E-state index contributed by atoms with van der Waals surface area (Å²) in [5.41, 5.74) is 0.654. The molecule has 0 radical (unpaired) electrons. The third-order valence-electron chi connectivity index (χ3n) is 1.92. The number of carbonyl (C=O) groups is 1. The molecule has 1 heterocycles. The van der Waals surface area contributed by atoms with E-state index in [-0.39, 0.29) is 11.3 Å². The summed E-state index contributed by atoms with van der Waals surface area (Å²) in [6.07, 6.45) is 2.21. The first-order chi connectivity index (χ1) is 6.91. The number of ketones is 1. The van der Waals surface area contributed by atoms with Gasteiger partial charge in [0, 0.05) is 18.2 Å². The van der Waals surface area contributed by atoms with Crippen molar-refractivity contribution in [3.8, 4) is 0 Å². The minimum Gasteiger partial charge on any atom is -0.378 e. The minimum atomic E-state index is -0.253. The Morgan fingerprint density at radius 2 is 2.27 bits per heavy atom. The normalized spacial score (nSPS) is 11.2. The Kier molecular flexibility index (Phi) is 3.85. The zero-order chi connectivity index (χ0) is 11.5. The van der Waals surface area contributed by atoms with E-state index >= 15 is 0 Å². The predicted octanol–water partition coefficient (Wildman–Crippen LogP) is 3.01. The molecule has 0 aliphatic rings. The summed E-state index contributed by atoms with van der Waals surface area (Å²) in [5, 5.41) is 3.29. The summed E-state index contributed by atoms with van der Waals surface area (Å²) < 4.78 is 0.765. The van der Waals surface area contributed by atoms with Crippen LogP contribution in [0.5, 0.6) is 0 Å². The van der Waals surface area contributed by atoms with Crippen LogP contribution in [-0.2, 0) is 4.79 Å². The molecule has 4 heteroatoms. The lowest BCUT2D eigenvalue weighted by atomic mass is 9.98. The fraction of sp³-hybridized carbons (Fsp3) is 0.455. The van der Waals surface area contributed by atoms with Gasteiger partial charge in [-0.3, -0.25) is 4.79 Å². The molecule has 15 heavy (non-hydrogen) atoms. The van der Waals surface area contributed by atoms with Gasteiger partial charge in [-0.15, -0.1) is 0 Å². The standard InChI is InChI=1S/C11H15BrN2O/c1-8(15)7-11(2,3)14-9-5-4-6-13-10(9)12/h4-6,14H,7H2,1-3H3. The molecule has 0 unspecified atom stereocenters. The number of Topliss-reactive ketones (excluding diaryl/α,β-unsaturated/α-hetero) is 1. The Bertz CT molecular complexity index is 363. The average Bonchev–Trinajstić information content (AvgIpc) is 2.06. The molecule has 0 aliphatic heterocycles. The molecule has 0 aliphatic carbocycles. The quantitative estimate of drug-likeness (QED) is 0.856. The van der Waals surface area contributed by atoms with E-state index in [1.165, 1.54) is 0 Å². The highest BCUT2D eigenvalue weighted by Crippen LogP contribution is 2.24. The van der Waals surface area contributed by atoms with Gasteiger partial charge < -0.3 is 5.32 Å². The van der Waals surface area contributed by atoms with E-state index in [9.17, 15) is 4.79 Å². The smallest absolute Gasteiger partial charge is 0.132 e. The van der Waals surface area contributed by atoms with Crippen LogP contribution in [0.1, 0.15) is 27.2 Å². The molecule has 1 aromatic heterocycles. The molecular weight excluding hydrogens is 256 g/mol. The zero-order valence-corrected chi connectivity index (χ0v) is 10.8. The maximum atomic E-state index is 11.1. The van der Waals surface area contributed by atoms with Gasteiger partial charge in [-0.1, -0.05) is 0 Å². The van der Waals surface area contributed by atoms with Crippen molar-refractivity contribution in [3.63, 3.8) is 0 Å². The number of pyridine rings is 1. The first-order valence-electron chi connectivity index (χ1n) is 4.79. The second-order valence-electron chi connectivity index (χ2n) is 4.23. The first-order valence-corrected chi connectivity index (χ1v) is 5.58. The molecule has 82 valence electrons. The van der Waals surface area contributed by atoms with Crippen molar-refractivity contribution < 1.29 is 4.79 Å². The van der Waals surface area contributed by atoms with Crippen LogP contribution in [0.25, 0.3) is 0 Å². The van der Waals surface area contributed by atoms with Crippen LogP contribution in [0.4, 0.5) is 5.69 Å². The van der Waals surface area contributed by atoms with Crippen LogP contribution < -0.4 is 5.32 Å². The lowest BCUT2D eigenvalue weighted by molar-refractivity contribution is -0.117. The molecular formula is C11H15BrN2O. The van der Waals surface area contributed by atoms with Gasteiger partial charge in [0.15, 0.2) is 0 Å². The Morgan fingerprint density at radius 3 is 2.80 bits per heavy atom. The Labute approximate surface area is 98.4 Å². The van der Waals surface area contributed by atoms with Crippen molar-refractivity contribution >= 4 is 27.4 Å². The second kappa shape index (κ2) is 4.75. The van der Waals surface area contributed by atoms with Gasteiger partial charge in [-0.05, 0) is 48.8 Å². The minimum absolute atomic E-state index is 0.174. The van der Waals surface area contributed by atoms with Crippen molar-refractivity contribution in [2.45, 2.75) is 32.7 Å². The van der Waals surface area contributed by atoms with Crippen LogP contribution in [0, 0.1) is 0 Å². The third kappa shape index (κ3) is 4.00. The van der Waals surface area contributed by atoms with E-state index in [1.807, 2.05) is 26.0 Å². The monoisotopic (exact) mass is 270 g/mol. The van der Waals surface area contributed by atoms with E-state index in [2.05, 4.69) is 26.2 Å². The number of anilines is 1. The van der Waals surface area contributed by atoms with Gasteiger partial charge in [-0.25, -0.2) is 4.98 Å². The predicted molar refractivity (Wildman–Crippen MR) is 64.9 cm³/mol. The molecule has 0 amide bonds. The summed E-state index contributed by atoms with van der Waals surface area (Å²) in [6.45, 7) is 5.59. The van der Waals surface area contributed by atoms with Gasteiger partial charge in [0.2, 0.25) is 0 Å². The Morgan fingerprint density at radius 1 is 1.60 bits per heavy atom. The van der Waals surface area contributed by atoms with Crippen LogP contribution in [0.2, 0.25) is 0 Å². The van der Waals surface area contributed by atoms with Crippen molar-refractivity contribution in [1.82, 2.24) is 4.98 Å². The zero-order valence-electron chi connectivity index (χ0n) is 9.17. The van der Waals surface area contributed by atoms with Crippen LogP contribution >= 0.6 is 15.9 Å². The molecule has 0 atom stereocenters. The number of hydrogen-bond acceptors (Lipinski definition) is 3. The van der Waals surface area contributed by atoms with Crippen molar-refractivity contribution in [2.24, 2.45) is 0 Å². The molecule has 0 aromatic carbocycles. The van der Waals surface area contributed by atoms with E-state index < -0.39 is 0 Å². The maximum Gasteiger partial charge on any atom is 0.132 e. The fourth-order valence-electron chi connectivity index (χ4n) is 1.51. The largest absolute Gasteiger partial charge is 0.378 e. The molecule has 1 aromatic rings. The fourth-order valence-corrected chi connectivity index (χ4v) is 1.86. The first kappa shape index (κ1) is 12.2. The maximum absolute atomic E-state index is 11.1. The average molecular weight is 271 g/mol. The Balaban J connectivity index is 2.77. The van der Waals surface area contributed by atoms with Crippen molar-refractivity contribution in [3.05, 3.63) is 22.9 Å². The Hall–Kier alpha value is -0.900. The molecule has 1 N–H and O–H groups in total. The molecule has 1 rings (SSSR count). The highest BCUT2D eigenvalue weighted by atomic mass is 79.9. The number of rotatable bonds is 4. The van der Waals surface area contributed by atoms with Gasteiger partial charge in [0.1, 0.15) is 10.4 Å². The number of hydrogen-bond donors (Lipinski definition) is 1. The highest BCUT2D eigenvalue weighted by molar-refractivity contribution is 9.10. The van der Waals surface area contributed by atoms with E-state index in [4.69, 9.17) is 0 Å². The van der Waals surface area contributed by atoms with Gasteiger partial charge >= 0.3 is 0 Å². The SMILES string of the molecule is CC(=O)CC(C)(C)Nc1cccnc1Br. The number of carbonyl (C=O) groups excluding carboxylic acids is 1. The van der Waals surface area contributed by atoms with Crippen molar-refractivity contribution in [1.29, 1.82) is 0 Å². The summed E-state index contributed by atoms with van der Waals surface area (Å²) in [5.74, 6) is 0.174. The number of nitrogens with zero attached hydrogens (tertiary/aromatic N) is 1. The van der Waals surface area contributed by atoms with Crippen LogP contribution in [-0.4, -0.2) is 16.3 Å². The molecule has 0 saturated heterocycles. The number of halogens is 1. The molecule has 3 nitrogen and oxygen atoms in total. The van der Waals surface area contributed by atoms with E-state index in [1.54, 1.807) is 13.1 Å². The number of aromatic nitrogens is 1. The number of nitrogens with one attached hydrogen (secondary N) is 1. The van der Waals surface area contributed by atoms with Crippen LogP contribution in [0.15, 0.2) is 22.9 Å². The summed E-state index contributed by atoms with van der Waals surface area (Å²) in [6, 6.07) is 3.79. The summed E-state index contributed by atoms with van der Waals surface area (Å²) in [7, 11) is 0. The summed E-state index contributed by atoms with van der Waals surface area (Å²) in [4.78, 5) is 15.2. The van der Waals surface area contributed by atoms with Gasteiger partial charge in [0.25, 0.3) is 0 Å².